The lowest BCUT2D eigenvalue weighted by molar-refractivity contribution is -0.112. The summed E-state index contributed by atoms with van der Waals surface area (Å²) in [6, 6.07) is 15.0. The van der Waals surface area contributed by atoms with Crippen molar-refractivity contribution in [2.24, 2.45) is 0 Å². The van der Waals surface area contributed by atoms with E-state index in [1.54, 1.807) is 0 Å². The lowest BCUT2D eigenvalue weighted by atomic mass is 10.1. The van der Waals surface area contributed by atoms with E-state index in [1.165, 1.54) is 6.20 Å². The second-order valence-electron chi connectivity index (χ2n) is 5.00. The molecule has 0 aromatic heterocycles. The second-order valence-corrected chi connectivity index (χ2v) is 5.85. The van der Waals surface area contributed by atoms with Crippen LogP contribution in [0.2, 0.25) is 0 Å². The number of hydrogen-bond donors (Lipinski definition) is 2. The van der Waals surface area contributed by atoms with Gasteiger partial charge in [-0.05, 0) is 59.1 Å². The molecule has 0 saturated heterocycles. The molecule has 1 amide bonds. The Kier molecular flexibility index (Phi) is 5.56. The van der Waals surface area contributed by atoms with Crippen LogP contribution in [0.4, 0.5) is 11.4 Å². The molecule has 0 heterocycles. The molecule has 2 aromatic rings. The summed E-state index contributed by atoms with van der Waals surface area (Å²) < 4.78 is 0.850. The van der Waals surface area contributed by atoms with Gasteiger partial charge in [-0.2, -0.15) is 5.26 Å². The number of rotatable bonds is 4. The Morgan fingerprint density at radius 3 is 2.52 bits per heavy atom. The predicted octanol–water partition coefficient (Wildman–Crippen LogP) is 4.52. The summed E-state index contributed by atoms with van der Waals surface area (Å²) in [6.07, 6.45) is 1.40. The smallest absolute Gasteiger partial charge is 0.267 e. The van der Waals surface area contributed by atoms with Gasteiger partial charge in [-0.3, -0.25) is 4.79 Å². The molecule has 0 saturated carbocycles. The highest BCUT2D eigenvalue weighted by Gasteiger charge is 2.11. The molecule has 0 unspecified atom stereocenters. The van der Waals surface area contributed by atoms with Crippen LogP contribution in [0.1, 0.15) is 11.1 Å². The summed E-state index contributed by atoms with van der Waals surface area (Å²) in [5.74, 6) is -0.444. The topological polar surface area (TPSA) is 64.9 Å². The number of anilines is 2. The van der Waals surface area contributed by atoms with E-state index in [4.69, 9.17) is 0 Å². The lowest BCUT2D eigenvalue weighted by Gasteiger charge is -2.10. The van der Waals surface area contributed by atoms with Gasteiger partial charge in [0.05, 0.1) is 5.69 Å². The van der Waals surface area contributed by atoms with E-state index in [0.717, 1.165) is 21.3 Å². The van der Waals surface area contributed by atoms with Crippen LogP contribution in [0.3, 0.4) is 0 Å². The number of nitrogens with one attached hydrogen (secondary N) is 2. The fourth-order valence-electron chi connectivity index (χ4n) is 1.95. The summed E-state index contributed by atoms with van der Waals surface area (Å²) in [4.78, 5) is 12.3. The largest absolute Gasteiger partial charge is 0.359 e. The number of benzene rings is 2. The first kappa shape index (κ1) is 16.8. The Morgan fingerprint density at radius 1 is 1.13 bits per heavy atom. The van der Waals surface area contributed by atoms with Gasteiger partial charge in [-0.1, -0.05) is 24.3 Å². The second kappa shape index (κ2) is 7.61. The summed E-state index contributed by atoms with van der Waals surface area (Å²) >= 11 is 3.40. The van der Waals surface area contributed by atoms with Crippen molar-refractivity contribution in [3.8, 4) is 6.07 Å². The fraction of sp³-hybridized carbons (Fsp3) is 0.111. The van der Waals surface area contributed by atoms with Crippen molar-refractivity contribution in [3.05, 3.63) is 69.8 Å². The minimum atomic E-state index is -0.444. The molecule has 0 atom stereocenters. The van der Waals surface area contributed by atoms with Gasteiger partial charge in [0.15, 0.2) is 0 Å². The number of nitriles is 1. The van der Waals surface area contributed by atoms with Crippen molar-refractivity contribution in [2.75, 3.05) is 10.6 Å². The molecule has 2 aromatic carbocycles. The minimum Gasteiger partial charge on any atom is -0.359 e. The van der Waals surface area contributed by atoms with Crippen LogP contribution in [0, 0.1) is 25.2 Å². The number of amides is 1. The number of hydrogen-bond acceptors (Lipinski definition) is 3. The molecule has 0 spiro atoms. The molecule has 0 aliphatic carbocycles. The molecule has 23 heavy (non-hydrogen) atoms. The minimum absolute atomic E-state index is 0.00154. The van der Waals surface area contributed by atoms with Crippen LogP contribution in [0.15, 0.2) is 58.7 Å². The fourth-order valence-corrected chi connectivity index (χ4v) is 2.35. The van der Waals surface area contributed by atoms with E-state index in [9.17, 15) is 10.1 Å². The Labute approximate surface area is 144 Å². The highest BCUT2D eigenvalue weighted by atomic mass is 79.9. The van der Waals surface area contributed by atoms with Gasteiger partial charge in [0.2, 0.25) is 0 Å². The maximum absolute atomic E-state index is 12.3. The molecule has 0 aliphatic rings. The van der Waals surface area contributed by atoms with E-state index in [0.29, 0.717) is 5.69 Å². The van der Waals surface area contributed by atoms with Crippen LogP contribution in [-0.2, 0) is 4.79 Å². The van der Waals surface area contributed by atoms with Crippen molar-refractivity contribution < 1.29 is 4.79 Å². The van der Waals surface area contributed by atoms with Crippen LogP contribution >= 0.6 is 15.9 Å². The first-order valence-corrected chi connectivity index (χ1v) is 7.81. The van der Waals surface area contributed by atoms with E-state index in [1.807, 2.05) is 62.4 Å². The van der Waals surface area contributed by atoms with E-state index < -0.39 is 5.91 Å². The standard InChI is InChI=1S/C18H16BrN3O/c1-12-6-5-9-16(13(12)2)22-18(23)14(10-20)11-21-17-8-4-3-7-15(17)19/h3-9,11,21H,1-2H3,(H,22,23)/b14-11-. The summed E-state index contributed by atoms with van der Waals surface area (Å²) in [5.41, 5.74) is 3.55. The maximum atomic E-state index is 12.3. The van der Waals surface area contributed by atoms with Crippen LogP contribution in [0.25, 0.3) is 0 Å². The zero-order chi connectivity index (χ0) is 16.8. The number of carbonyl (C=O) groups excluding carboxylic acids is 1. The SMILES string of the molecule is Cc1cccc(NC(=O)/C(C#N)=C\Nc2ccccc2Br)c1C. The lowest BCUT2D eigenvalue weighted by Crippen LogP contribution is -2.15. The van der Waals surface area contributed by atoms with Gasteiger partial charge >= 0.3 is 0 Å². The Morgan fingerprint density at radius 2 is 1.83 bits per heavy atom. The van der Waals surface area contributed by atoms with E-state index >= 15 is 0 Å². The van der Waals surface area contributed by atoms with E-state index in [-0.39, 0.29) is 5.57 Å². The number of aryl methyl sites for hydroxylation is 1. The third kappa shape index (κ3) is 4.21. The van der Waals surface area contributed by atoms with Gasteiger partial charge in [0.1, 0.15) is 11.6 Å². The molecule has 5 heteroatoms. The Balaban J connectivity index is 2.16. The van der Waals surface area contributed by atoms with Gasteiger partial charge in [0, 0.05) is 16.4 Å². The van der Waals surface area contributed by atoms with Crippen molar-refractivity contribution in [1.82, 2.24) is 0 Å². The summed E-state index contributed by atoms with van der Waals surface area (Å²) in [5, 5.41) is 15.0. The summed E-state index contributed by atoms with van der Waals surface area (Å²) in [7, 11) is 0. The molecule has 0 radical (unpaired) electrons. The van der Waals surface area contributed by atoms with Gasteiger partial charge in [-0.15, -0.1) is 0 Å². The first-order valence-electron chi connectivity index (χ1n) is 7.02. The monoisotopic (exact) mass is 369 g/mol. The zero-order valence-corrected chi connectivity index (χ0v) is 14.4. The number of halogens is 1. The quantitative estimate of drug-likeness (QED) is 0.614. The van der Waals surface area contributed by atoms with Crippen molar-refractivity contribution >= 4 is 33.2 Å². The Bertz CT molecular complexity index is 806. The molecule has 116 valence electrons. The maximum Gasteiger partial charge on any atom is 0.267 e. The molecule has 0 bridgehead atoms. The number of carbonyl (C=O) groups is 1. The first-order chi connectivity index (χ1) is 11.0. The predicted molar refractivity (Wildman–Crippen MR) is 96.0 cm³/mol. The number of para-hydroxylation sites is 1. The average Bonchev–Trinajstić information content (AvgIpc) is 2.54. The highest BCUT2D eigenvalue weighted by molar-refractivity contribution is 9.10. The van der Waals surface area contributed by atoms with Crippen LogP contribution in [0.5, 0.6) is 0 Å². The highest BCUT2D eigenvalue weighted by Crippen LogP contribution is 2.22. The molecule has 4 nitrogen and oxygen atoms in total. The van der Waals surface area contributed by atoms with Gasteiger partial charge < -0.3 is 10.6 Å². The third-order valence-electron chi connectivity index (χ3n) is 3.46. The third-order valence-corrected chi connectivity index (χ3v) is 4.16. The molecule has 2 rings (SSSR count). The van der Waals surface area contributed by atoms with Crippen LogP contribution in [-0.4, -0.2) is 5.91 Å². The van der Waals surface area contributed by atoms with Crippen molar-refractivity contribution in [3.63, 3.8) is 0 Å². The molecule has 0 fully saturated rings. The van der Waals surface area contributed by atoms with Crippen molar-refractivity contribution in [1.29, 1.82) is 5.26 Å². The molecule has 0 aliphatic heterocycles. The van der Waals surface area contributed by atoms with Gasteiger partial charge in [-0.25, -0.2) is 0 Å². The normalized spacial score (nSPS) is 10.8. The van der Waals surface area contributed by atoms with Crippen molar-refractivity contribution in [2.45, 2.75) is 13.8 Å². The molecular weight excluding hydrogens is 354 g/mol. The Hall–Kier alpha value is -2.58. The van der Waals surface area contributed by atoms with Gasteiger partial charge in [0.25, 0.3) is 5.91 Å². The average molecular weight is 370 g/mol. The van der Waals surface area contributed by atoms with Crippen LogP contribution < -0.4 is 10.6 Å². The van der Waals surface area contributed by atoms with E-state index in [2.05, 4.69) is 26.6 Å². The summed E-state index contributed by atoms with van der Waals surface area (Å²) in [6.45, 7) is 3.90. The molecule has 2 N–H and O–H groups in total. The molecular formula is C18H16BrN3O. The zero-order valence-electron chi connectivity index (χ0n) is 12.9. The number of nitrogens with zero attached hydrogens (tertiary/aromatic N) is 1.